The average Bonchev–Trinajstić information content (AvgIpc) is 2.41. The molecule has 1 fully saturated rings. The van der Waals surface area contributed by atoms with Gasteiger partial charge in [-0.1, -0.05) is 17.7 Å². The fraction of sp³-hybridized carbons (Fsp3) is 0.462. The smallest absolute Gasteiger partial charge is 0.255 e. The van der Waals surface area contributed by atoms with E-state index in [1.165, 1.54) is 12.1 Å². The Bertz CT molecular complexity index is 450. The Kier molecular flexibility index (Phi) is 6.04. The number of halogens is 3. The molecular formula is C13H17Cl2FN2O. The van der Waals surface area contributed by atoms with Crippen molar-refractivity contribution in [2.24, 2.45) is 0 Å². The normalized spacial score (nSPS) is 15.7. The minimum absolute atomic E-state index is 0. The molecule has 0 saturated carbocycles. The zero-order chi connectivity index (χ0) is 13.1. The largest absolute Gasteiger partial charge is 0.339 e. The number of nitrogens with zero attached hydrogens (tertiary/aromatic N) is 1. The molecule has 106 valence electrons. The van der Waals surface area contributed by atoms with Gasteiger partial charge in [0, 0.05) is 13.1 Å². The van der Waals surface area contributed by atoms with Crippen molar-refractivity contribution < 1.29 is 9.18 Å². The van der Waals surface area contributed by atoms with Crippen molar-refractivity contribution in [2.75, 3.05) is 20.1 Å². The lowest BCUT2D eigenvalue weighted by molar-refractivity contribution is 0.0703. The Morgan fingerprint density at radius 1 is 1.42 bits per heavy atom. The first-order valence-corrected chi connectivity index (χ1v) is 6.41. The molecule has 1 aromatic rings. The number of benzene rings is 1. The van der Waals surface area contributed by atoms with Gasteiger partial charge in [-0.05, 0) is 38.1 Å². The summed E-state index contributed by atoms with van der Waals surface area (Å²) < 4.78 is 13.3. The van der Waals surface area contributed by atoms with Gasteiger partial charge in [0.1, 0.15) is 5.82 Å². The Hall–Kier alpha value is -0.840. The van der Waals surface area contributed by atoms with Gasteiger partial charge in [0.15, 0.2) is 0 Å². The van der Waals surface area contributed by atoms with Gasteiger partial charge in [-0.3, -0.25) is 4.79 Å². The molecule has 1 aromatic carbocycles. The van der Waals surface area contributed by atoms with Crippen molar-refractivity contribution in [3.63, 3.8) is 0 Å². The Balaban J connectivity index is 0.00000180. The van der Waals surface area contributed by atoms with Gasteiger partial charge in [0.25, 0.3) is 5.91 Å². The van der Waals surface area contributed by atoms with E-state index in [9.17, 15) is 9.18 Å². The van der Waals surface area contributed by atoms with Crippen molar-refractivity contribution >= 4 is 29.9 Å². The number of rotatable bonds is 2. The minimum atomic E-state index is -0.554. The molecule has 2 rings (SSSR count). The third kappa shape index (κ3) is 3.59. The molecule has 0 bridgehead atoms. The standard InChI is InChI=1S/C13H16ClFN2O.ClH/c1-17(9-5-7-16-8-6-9)13(18)10-3-2-4-11(15)12(10)14;/h2-4,9,16H,5-8H2,1H3;1H. The molecule has 1 saturated heterocycles. The SMILES string of the molecule is CN(C(=O)c1cccc(F)c1Cl)C1CCNCC1.Cl. The van der Waals surface area contributed by atoms with Crippen LogP contribution in [0.1, 0.15) is 23.2 Å². The number of hydrogen-bond acceptors (Lipinski definition) is 2. The van der Waals surface area contributed by atoms with Crippen LogP contribution in [0.5, 0.6) is 0 Å². The van der Waals surface area contributed by atoms with Crippen LogP contribution in [0.2, 0.25) is 5.02 Å². The zero-order valence-corrected chi connectivity index (χ0v) is 12.2. The highest BCUT2D eigenvalue weighted by molar-refractivity contribution is 6.34. The molecule has 6 heteroatoms. The van der Waals surface area contributed by atoms with Crippen LogP contribution in [-0.4, -0.2) is 37.0 Å². The fourth-order valence-electron chi connectivity index (χ4n) is 2.22. The zero-order valence-electron chi connectivity index (χ0n) is 10.7. The van der Waals surface area contributed by atoms with Gasteiger partial charge in [0.2, 0.25) is 0 Å². The second kappa shape index (κ2) is 7.08. The molecule has 0 spiro atoms. The van der Waals surface area contributed by atoms with Crippen molar-refractivity contribution in [3.05, 3.63) is 34.6 Å². The molecule has 0 unspecified atom stereocenters. The van der Waals surface area contributed by atoms with Crippen LogP contribution in [-0.2, 0) is 0 Å². The van der Waals surface area contributed by atoms with Crippen molar-refractivity contribution in [3.8, 4) is 0 Å². The predicted octanol–water partition coefficient (Wildman–Crippen LogP) is 2.72. The third-order valence-electron chi connectivity index (χ3n) is 3.36. The molecule has 0 radical (unpaired) electrons. The lowest BCUT2D eigenvalue weighted by Crippen LogP contribution is -2.44. The molecule has 19 heavy (non-hydrogen) atoms. The number of hydrogen-bond donors (Lipinski definition) is 1. The lowest BCUT2D eigenvalue weighted by Gasteiger charge is -2.31. The van der Waals surface area contributed by atoms with Crippen LogP contribution in [0.4, 0.5) is 4.39 Å². The summed E-state index contributed by atoms with van der Waals surface area (Å²) in [6.45, 7) is 1.80. The predicted molar refractivity (Wildman–Crippen MR) is 76.6 cm³/mol. The molecule has 0 aromatic heterocycles. The molecule has 1 amide bonds. The topological polar surface area (TPSA) is 32.3 Å². The van der Waals surface area contributed by atoms with E-state index in [0.29, 0.717) is 0 Å². The molecule has 1 N–H and O–H groups in total. The highest BCUT2D eigenvalue weighted by atomic mass is 35.5. The summed E-state index contributed by atoms with van der Waals surface area (Å²) in [6, 6.07) is 4.51. The highest BCUT2D eigenvalue weighted by Crippen LogP contribution is 2.22. The van der Waals surface area contributed by atoms with Crippen molar-refractivity contribution in [2.45, 2.75) is 18.9 Å². The van der Waals surface area contributed by atoms with E-state index in [1.807, 2.05) is 0 Å². The second-order valence-electron chi connectivity index (χ2n) is 4.50. The van der Waals surface area contributed by atoms with Crippen LogP contribution in [0, 0.1) is 5.82 Å². The molecule has 0 aliphatic carbocycles. The van der Waals surface area contributed by atoms with E-state index in [0.717, 1.165) is 25.9 Å². The Morgan fingerprint density at radius 2 is 2.05 bits per heavy atom. The van der Waals surface area contributed by atoms with Gasteiger partial charge in [-0.25, -0.2) is 4.39 Å². The summed E-state index contributed by atoms with van der Waals surface area (Å²) in [5.74, 6) is -0.771. The number of piperidine rings is 1. The first kappa shape index (κ1) is 16.2. The maximum Gasteiger partial charge on any atom is 0.255 e. The molecule has 3 nitrogen and oxygen atoms in total. The third-order valence-corrected chi connectivity index (χ3v) is 3.74. The van der Waals surface area contributed by atoms with E-state index in [4.69, 9.17) is 11.6 Å². The van der Waals surface area contributed by atoms with Crippen LogP contribution >= 0.6 is 24.0 Å². The molecular weight excluding hydrogens is 290 g/mol. The molecule has 1 aliphatic heterocycles. The maximum atomic E-state index is 13.3. The highest BCUT2D eigenvalue weighted by Gasteiger charge is 2.24. The van der Waals surface area contributed by atoms with Gasteiger partial charge in [-0.2, -0.15) is 0 Å². The van der Waals surface area contributed by atoms with Crippen molar-refractivity contribution in [1.82, 2.24) is 10.2 Å². The summed E-state index contributed by atoms with van der Waals surface area (Å²) >= 11 is 5.84. The fourth-order valence-corrected chi connectivity index (χ4v) is 2.43. The average molecular weight is 307 g/mol. The summed E-state index contributed by atoms with van der Waals surface area (Å²) in [4.78, 5) is 13.9. The lowest BCUT2D eigenvalue weighted by atomic mass is 10.0. The summed E-state index contributed by atoms with van der Waals surface area (Å²) in [5, 5.41) is 3.15. The number of carbonyl (C=O) groups excluding carboxylic acids is 1. The van der Waals surface area contributed by atoms with Crippen molar-refractivity contribution in [1.29, 1.82) is 0 Å². The number of amides is 1. The van der Waals surface area contributed by atoms with E-state index < -0.39 is 5.82 Å². The second-order valence-corrected chi connectivity index (χ2v) is 4.88. The first-order valence-electron chi connectivity index (χ1n) is 6.03. The maximum absolute atomic E-state index is 13.3. The van der Waals surface area contributed by atoms with E-state index >= 15 is 0 Å². The van der Waals surface area contributed by atoms with Crippen LogP contribution in [0.3, 0.4) is 0 Å². The van der Waals surface area contributed by atoms with Gasteiger partial charge < -0.3 is 10.2 Å². The molecule has 1 aliphatic rings. The minimum Gasteiger partial charge on any atom is -0.339 e. The number of nitrogens with one attached hydrogen (secondary N) is 1. The Morgan fingerprint density at radius 3 is 2.68 bits per heavy atom. The van der Waals surface area contributed by atoms with Gasteiger partial charge >= 0.3 is 0 Å². The van der Waals surface area contributed by atoms with Gasteiger partial charge in [-0.15, -0.1) is 12.4 Å². The van der Waals surface area contributed by atoms with E-state index in [2.05, 4.69) is 5.32 Å². The molecule has 1 heterocycles. The van der Waals surface area contributed by atoms with Crippen LogP contribution in [0.25, 0.3) is 0 Å². The van der Waals surface area contributed by atoms with Gasteiger partial charge in [0.05, 0.1) is 10.6 Å². The quantitative estimate of drug-likeness (QED) is 0.911. The van der Waals surface area contributed by atoms with E-state index in [1.54, 1.807) is 18.0 Å². The monoisotopic (exact) mass is 306 g/mol. The summed E-state index contributed by atoms with van der Waals surface area (Å²) in [5.41, 5.74) is 0.234. The summed E-state index contributed by atoms with van der Waals surface area (Å²) in [6.07, 6.45) is 1.82. The van der Waals surface area contributed by atoms with Crippen LogP contribution < -0.4 is 5.32 Å². The van der Waals surface area contributed by atoms with Crippen LogP contribution in [0.15, 0.2) is 18.2 Å². The number of carbonyl (C=O) groups is 1. The Labute approximate surface area is 123 Å². The first-order chi connectivity index (χ1) is 8.61. The summed E-state index contributed by atoms with van der Waals surface area (Å²) in [7, 11) is 1.75. The molecule has 0 atom stereocenters. The van der Waals surface area contributed by atoms with E-state index in [-0.39, 0.29) is 34.9 Å².